The number of halogens is 2. The Hall–Kier alpha value is -1.62. The molecule has 1 N–H and O–H groups in total. The van der Waals surface area contributed by atoms with Gasteiger partial charge >= 0.3 is 0 Å². The second kappa shape index (κ2) is 6.48. The molecule has 6 heteroatoms. The molecule has 3 rings (SSSR count). The minimum absolute atomic E-state index is 0.0931. The number of fused-ring (bicyclic) bond motifs is 1. The van der Waals surface area contributed by atoms with Crippen molar-refractivity contribution in [1.82, 2.24) is 4.98 Å². The fourth-order valence-electron chi connectivity index (χ4n) is 2.07. The number of nitrogens with one attached hydrogen (secondary N) is 1. The first kappa shape index (κ1) is 16.2. The Labute approximate surface area is 148 Å². The molecule has 0 aliphatic carbocycles. The summed E-state index contributed by atoms with van der Waals surface area (Å²) in [5.41, 5.74) is 2.23. The van der Waals surface area contributed by atoms with Crippen LogP contribution in [-0.4, -0.2) is 10.9 Å². The Morgan fingerprint density at radius 1 is 1.17 bits per heavy atom. The molecule has 1 aromatic heterocycles. The van der Waals surface area contributed by atoms with Gasteiger partial charge in [0.2, 0.25) is 5.91 Å². The monoisotopic (exact) mass is 364 g/mol. The van der Waals surface area contributed by atoms with Gasteiger partial charge in [-0.15, -0.1) is 11.3 Å². The van der Waals surface area contributed by atoms with Crippen molar-refractivity contribution in [1.29, 1.82) is 0 Å². The molecule has 0 spiro atoms. The number of nitrogens with zero attached hydrogens (tertiary/aromatic N) is 1. The molecule has 0 fully saturated rings. The second-order valence-corrected chi connectivity index (χ2v) is 7.29. The van der Waals surface area contributed by atoms with Crippen LogP contribution >= 0.6 is 34.5 Å². The van der Waals surface area contributed by atoms with E-state index in [1.54, 1.807) is 23.5 Å². The zero-order valence-corrected chi connectivity index (χ0v) is 14.9. The van der Waals surface area contributed by atoms with Gasteiger partial charge < -0.3 is 5.32 Å². The number of carbonyl (C=O) groups excluding carboxylic acids is 1. The first-order chi connectivity index (χ1) is 11.0. The maximum Gasteiger partial charge on any atom is 0.226 e. The average Bonchev–Trinajstić information content (AvgIpc) is 2.93. The third-order valence-electron chi connectivity index (χ3n) is 3.36. The van der Waals surface area contributed by atoms with Crippen molar-refractivity contribution in [3.05, 3.63) is 46.4 Å². The number of thiazole rings is 1. The van der Waals surface area contributed by atoms with Crippen molar-refractivity contribution >= 4 is 56.3 Å². The molecule has 2 aromatic carbocycles. The van der Waals surface area contributed by atoms with Crippen LogP contribution in [0.25, 0.3) is 20.8 Å². The first-order valence-electron chi connectivity index (χ1n) is 7.11. The van der Waals surface area contributed by atoms with Gasteiger partial charge in [-0.1, -0.05) is 49.2 Å². The standard InChI is InChI=1S/C17H14Cl2N2OS/c1-9(2)16(22)20-14-7-10(11(18)8-12(14)19)17-21-13-5-3-4-6-15(13)23-17/h3-9H,1-2H3,(H,20,22). The summed E-state index contributed by atoms with van der Waals surface area (Å²) in [7, 11) is 0. The number of para-hydroxylation sites is 1. The number of hydrogen-bond donors (Lipinski definition) is 1. The highest BCUT2D eigenvalue weighted by molar-refractivity contribution is 7.21. The lowest BCUT2D eigenvalue weighted by atomic mass is 10.1. The molecule has 1 amide bonds. The summed E-state index contributed by atoms with van der Waals surface area (Å²) < 4.78 is 1.08. The summed E-state index contributed by atoms with van der Waals surface area (Å²) in [6.07, 6.45) is 0. The normalized spacial score (nSPS) is 11.2. The van der Waals surface area contributed by atoms with E-state index in [0.29, 0.717) is 15.7 Å². The highest BCUT2D eigenvalue weighted by Crippen LogP contribution is 2.38. The van der Waals surface area contributed by atoms with E-state index in [1.165, 1.54) is 0 Å². The Kier molecular flexibility index (Phi) is 4.57. The van der Waals surface area contributed by atoms with Crippen LogP contribution in [-0.2, 0) is 4.79 Å². The molecule has 0 aliphatic heterocycles. The van der Waals surface area contributed by atoms with E-state index < -0.39 is 0 Å². The van der Waals surface area contributed by atoms with Crippen LogP contribution in [0.15, 0.2) is 36.4 Å². The predicted octanol–water partition coefficient (Wildman–Crippen LogP) is 5.86. The molecule has 23 heavy (non-hydrogen) atoms. The van der Waals surface area contributed by atoms with Gasteiger partial charge in [-0.05, 0) is 24.3 Å². The molecule has 0 unspecified atom stereocenters. The Morgan fingerprint density at radius 2 is 1.91 bits per heavy atom. The number of hydrogen-bond acceptors (Lipinski definition) is 3. The topological polar surface area (TPSA) is 42.0 Å². The maximum atomic E-state index is 11.9. The van der Waals surface area contributed by atoms with Crippen LogP contribution in [0.4, 0.5) is 5.69 Å². The van der Waals surface area contributed by atoms with Crippen molar-refractivity contribution in [2.45, 2.75) is 13.8 Å². The number of benzene rings is 2. The van der Waals surface area contributed by atoms with E-state index in [1.807, 2.05) is 38.1 Å². The molecule has 1 heterocycles. The zero-order chi connectivity index (χ0) is 16.6. The van der Waals surface area contributed by atoms with Gasteiger partial charge in [-0.3, -0.25) is 4.79 Å². The number of amides is 1. The van der Waals surface area contributed by atoms with E-state index in [0.717, 1.165) is 20.8 Å². The second-order valence-electron chi connectivity index (χ2n) is 5.44. The van der Waals surface area contributed by atoms with E-state index in [-0.39, 0.29) is 11.8 Å². The summed E-state index contributed by atoms with van der Waals surface area (Å²) in [5, 5.41) is 4.55. The van der Waals surface area contributed by atoms with Crippen molar-refractivity contribution < 1.29 is 4.79 Å². The Morgan fingerprint density at radius 3 is 2.61 bits per heavy atom. The van der Waals surface area contributed by atoms with Gasteiger partial charge in [0.1, 0.15) is 5.01 Å². The molecule has 0 atom stereocenters. The summed E-state index contributed by atoms with van der Waals surface area (Å²) >= 11 is 14.1. The number of anilines is 1. The molecule has 3 nitrogen and oxygen atoms in total. The largest absolute Gasteiger partial charge is 0.325 e. The van der Waals surface area contributed by atoms with E-state index in [9.17, 15) is 4.79 Å². The van der Waals surface area contributed by atoms with Crippen LogP contribution in [0.2, 0.25) is 10.0 Å². The SMILES string of the molecule is CC(C)C(=O)Nc1cc(-c2nc3ccccc3s2)c(Cl)cc1Cl. The number of aromatic nitrogens is 1. The van der Waals surface area contributed by atoms with E-state index >= 15 is 0 Å². The van der Waals surface area contributed by atoms with Crippen molar-refractivity contribution in [2.24, 2.45) is 5.92 Å². The van der Waals surface area contributed by atoms with Crippen LogP contribution in [0.5, 0.6) is 0 Å². The predicted molar refractivity (Wildman–Crippen MR) is 98.5 cm³/mol. The third kappa shape index (κ3) is 3.34. The van der Waals surface area contributed by atoms with Gasteiger partial charge in [0.15, 0.2) is 0 Å². The minimum atomic E-state index is -0.132. The molecule has 0 radical (unpaired) electrons. The quantitative estimate of drug-likeness (QED) is 0.631. The Balaban J connectivity index is 2.06. The van der Waals surface area contributed by atoms with Crippen LogP contribution in [0, 0.1) is 5.92 Å². The molecular formula is C17H14Cl2N2OS. The van der Waals surface area contributed by atoms with Crippen LogP contribution < -0.4 is 5.32 Å². The van der Waals surface area contributed by atoms with Crippen molar-refractivity contribution in [3.8, 4) is 10.6 Å². The van der Waals surface area contributed by atoms with E-state index in [2.05, 4.69) is 10.3 Å². The lowest BCUT2D eigenvalue weighted by Crippen LogP contribution is -2.18. The van der Waals surface area contributed by atoms with Crippen LogP contribution in [0.3, 0.4) is 0 Å². The third-order valence-corrected chi connectivity index (χ3v) is 5.06. The summed E-state index contributed by atoms with van der Waals surface area (Å²) in [6.45, 7) is 3.65. The van der Waals surface area contributed by atoms with Gasteiger partial charge in [-0.25, -0.2) is 4.98 Å². The van der Waals surface area contributed by atoms with Crippen LogP contribution in [0.1, 0.15) is 13.8 Å². The smallest absolute Gasteiger partial charge is 0.226 e. The lowest BCUT2D eigenvalue weighted by Gasteiger charge is -2.11. The fraction of sp³-hybridized carbons (Fsp3) is 0.176. The summed E-state index contributed by atoms with van der Waals surface area (Å²) in [6, 6.07) is 11.3. The number of carbonyl (C=O) groups is 1. The van der Waals surface area contributed by atoms with Gasteiger partial charge in [-0.2, -0.15) is 0 Å². The highest BCUT2D eigenvalue weighted by atomic mass is 35.5. The molecule has 0 saturated carbocycles. The molecule has 0 aliphatic rings. The summed E-state index contributed by atoms with van der Waals surface area (Å²) in [5.74, 6) is -0.225. The molecule has 0 saturated heterocycles. The highest BCUT2D eigenvalue weighted by Gasteiger charge is 2.15. The lowest BCUT2D eigenvalue weighted by molar-refractivity contribution is -0.118. The van der Waals surface area contributed by atoms with Gasteiger partial charge in [0.05, 0.1) is 25.9 Å². The van der Waals surface area contributed by atoms with Gasteiger partial charge in [0, 0.05) is 11.5 Å². The van der Waals surface area contributed by atoms with Crippen molar-refractivity contribution in [3.63, 3.8) is 0 Å². The summed E-state index contributed by atoms with van der Waals surface area (Å²) in [4.78, 5) is 16.5. The van der Waals surface area contributed by atoms with E-state index in [4.69, 9.17) is 23.2 Å². The number of rotatable bonds is 3. The van der Waals surface area contributed by atoms with Gasteiger partial charge in [0.25, 0.3) is 0 Å². The molecule has 0 bridgehead atoms. The fourth-order valence-corrected chi connectivity index (χ4v) is 3.65. The maximum absolute atomic E-state index is 11.9. The Bertz CT molecular complexity index is 856. The average molecular weight is 365 g/mol. The molecular weight excluding hydrogens is 351 g/mol. The molecule has 3 aromatic rings. The molecule has 118 valence electrons. The van der Waals surface area contributed by atoms with Crippen molar-refractivity contribution in [2.75, 3.05) is 5.32 Å². The zero-order valence-electron chi connectivity index (χ0n) is 12.6. The minimum Gasteiger partial charge on any atom is -0.325 e. The first-order valence-corrected chi connectivity index (χ1v) is 8.69.